The quantitative estimate of drug-likeness (QED) is 0.551. The van der Waals surface area contributed by atoms with Crippen molar-refractivity contribution in [2.24, 2.45) is 12.8 Å². The summed E-state index contributed by atoms with van der Waals surface area (Å²) in [6, 6.07) is 15.9. The fourth-order valence-electron chi connectivity index (χ4n) is 2.61. The van der Waals surface area contributed by atoms with Crippen molar-refractivity contribution in [3.05, 3.63) is 66.0 Å². The molecule has 29 heavy (non-hydrogen) atoms. The third kappa shape index (κ3) is 5.35. The number of amides is 2. The molecule has 0 aliphatic heterocycles. The van der Waals surface area contributed by atoms with E-state index in [0.717, 1.165) is 5.75 Å². The van der Waals surface area contributed by atoms with E-state index in [0.29, 0.717) is 22.2 Å². The normalized spacial score (nSPS) is 11.7. The van der Waals surface area contributed by atoms with E-state index in [9.17, 15) is 9.59 Å². The molecular formula is C20H21N5O3S. The van der Waals surface area contributed by atoms with Crippen molar-refractivity contribution >= 4 is 29.3 Å². The van der Waals surface area contributed by atoms with Crippen LogP contribution in [0.3, 0.4) is 0 Å². The summed E-state index contributed by atoms with van der Waals surface area (Å²) in [5.74, 6) is 0.872. The molecule has 2 amide bonds. The topological polar surface area (TPSA) is 112 Å². The van der Waals surface area contributed by atoms with E-state index in [1.165, 1.54) is 11.8 Å². The Morgan fingerprint density at radius 3 is 2.48 bits per heavy atom. The first kappa shape index (κ1) is 20.4. The Kier molecular flexibility index (Phi) is 6.50. The molecule has 8 nitrogen and oxygen atoms in total. The molecule has 0 spiro atoms. The van der Waals surface area contributed by atoms with E-state index >= 15 is 0 Å². The lowest BCUT2D eigenvalue weighted by atomic mass is 10.2. The highest BCUT2D eigenvalue weighted by Crippen LogP contribution is 2.23. The number of hydrogen-bond acceptors (Lipinski definition) is 6. The average molecular weight is 411 g/mol. The summed E-state index contributed by atoms with van der Waals surface area (Å²) in [6.07, 6.45) is -0.290. The molecule has 0 unspecified atom stereocenters. The predicted octanol–water partition coefficient (Wildman–Crippen LogP) is 2.78. The fraction of sp³-hybridized carbons (Fsp3) is 0.200. The SMILES string of the molecule is C[C@@H](Oc1ccccc1)c1nnc(SCC(=O)Nc2ccc(C(N)=O)cc2)n1C. The van der Waals surface area contributed by atoms with Gasteiger partial charge in [0.2, 0.25) is 11.8 Å². The van der Waals surface area contributed by atoms with Crippen molar-refractivity contribution < 1.29 is 14.3 Å². The van der Waals surface area contributed by atoms with Crippen LogP contribution < -0.4 is 15.8 Å². The first-order valence-electron chi connectivity index (χ1n) is 8.87. The molecular weight excluding hydrogens is 390 g/mol. The molecule has 1 aromatic heterocycles. The number of carbonyl (C=O) groups excluding carboxylic acids is 2. The molecule has 0 saturated heterocycles. The number of nitrogens with two attached hydrogens (primary N) is 1. The number of nitrogens with one attached hydrogen (secondary N) is 1. The van der Waals surface area contributed by atoms with Crippen molar-refractivity contribution in [1.82, 2.24) is 14.8 Å². The van der Waals surface area contributed by atoms with Gasteiger partial charge in [-0.15, -0.1) is 10.2 Å². The van der Waals surface area contributed by atoms with Crippen LogP contribution in [0.5, 0.6) is 5.75 Å². The van der Waals surface area contributed by atoms with E-state index < -0.39 is 5.91 Å². The molecule has 0 aliphatic rings. The molecule has 1 heterocycles. The number of benzene rings is 2. The number of rotatable bonds is 8. The van der Waals surface area contributed by atoms with Gasteiger partial charge in [0.15, 0.2) is 17.1 Å². The Labute approximate surface area is 172 Å². The number of aromatic nitrogens is 3. The fourth-order valence-corrected chi connectivity index (χ4v) is 3.32. The highest BCUT2D eigenvalue weighted by molar-refractivity contribution is 7.99. The molecule has 0 bridgehead atoms. The maximum atomic E-state index is 12.2. The van der Waals surface area contributed by atoms with Crippen LogP contribution in [0.4, 0.5) is 5.69 Å². The summed E-state index contributed by atoms with van der Waals surface area (Å²) in [5, 5.41) is 11.7. The standard InChI is InChI=1S/C20H21N5O3S/c1-13(28-16-6-4-3-5-7-16)19-23-24-20(25(19)2)29-12-17(26)22-15-10-8-14(9-11-15)18(21)27/h3-11,13H,12H2,1-2H3,(H2,21,27)(H,22,26)/t13-/m1/s1. The van der Waals surface area contributed by atoms with Crippen molar-refractivity contribution in [1.29, 1.82) is 0 Å². The number of primary amides is 1. The zero-order valence-corrected chi connectivity index (χ0v) is 16.8. The smallest absolute Gasteiger partial charge is 0.248 e. The first-order valence-corrected chi connectivity index (χ1v) is 9.86. The van der Waals surface area contributed by atoms with E-state index in [4.69, 9.17) is 10.5 Å². The van der Waals surface area contributed by atoms with Crippen LogP contribution in [0.15, 0.2) is 59.8 Å². The summed E-state index contributed by atoms with van der Waals surface area (Å²) in [7, 11) is 1.84. The number of anilines is 1. The van der Waals surface area contributed by atoms with E-state index in [1.54, 1.807) is 24.3 Å². The van der Waals surface area contributed by atoms with Gasteiger partial charge in [-0.1, -0.05) is 30.0 Å². The van der Waals surface area contributed by atoms with Gasteiger partial charge in [0.05, 0.1) is 5.75 Å². The average Bonchev–Trinajstić information content (AvgIpc) is 3.08. The van der Waals surface area contributed by atoms with Gasteiger partial charge in [-0.25, -0.2) is 0 Å². The molecule has 0 radical (unpaired) electrons. The van der Waals surface area contributed by atoms with Gasteiger partial charge in [0.25, 0.3) is 0 Å². The molecule has 9 heteroatoms. The number of para-hydroxylation sites is 1. The summed E-state index contributed by atoms with van der Waals surface area (Å²) < 4.78 is 7.69. The largest absolute Gasteiger partial charge is 0.483 e. The summed E-state index contributed by atoms with van der Waals surface area (Å²) in [6.45, 7) is 1.90. The number of nitrogens with zero attached hydrogens (tertiary/aromatic N) is 3. The van der Waals surface area contributed by atoms with Gasteiger partial charge in [-0.3, -0.25) is 9.59 Å². The van der Waals surface area contributed by atoms with Gasteiger partial charge in [0.1, 0.15) is 5.75 Å². The summed E-state index contributed by atoms with van der Waals surface area (Å²) in [4.78, 5) is 23.3. The predicted molar refractivity (Wildman–Crippen MR) is 111 cm³/mol. The highest BCUT2D eigenvalue weighted by Gasteiger charge is 2.18. The molecule has 3 aromatic rings. The van der Waals surface area contributed by atoms with Gasteiger partial charge >= 0.3 is 0 Å². The lowest BCUT2D eigenvalue weighted by Crippen LogP contribution is -2.15. The Morgan fingerprint density at radius 2 is 1.83 bits per heavy atom. The number of hydrogen-bond donors (Lipinski definition) is 2. The molecule has 3 rings (SSSR count). The van der Waals surface area contributed by atoms with Crippen LogP contribution in [0.2, 0.25) is 0 Å². The number of carbonyl (C=O) groups is 2. The van der Waals surface area contributed by atoms with Crippen LogP contribution in [0.25, 0.3) is 0 Å². The van der Waals surface area contributed by atoms with Crippen molar-refractivity contribution in [2.75, 3.05) is 11.1 Å². The van der Waals surface area contributed by atoms with Gasteiger partial charge in [-0.2, -0.15) is 0 Å². The zero-order chi connectivity index (χ0) is 20.8. The Balaban J connectivity index is 1.55. The van der Waals surface area contributed by atoms with Gasteiger partial charge in [-0.05, 0) is 43.3 Å². The maximum absolute atomic E-state index is 12.2. The van der Waals surface area contributed by atoms with Crippen molar-refractivity contribution in [3.63, 3.8) is 0 Å². The van der Waals surface area contributed by atoms with Crippen LogP contribution in [-0.4, -0.2) is 32.3 Å². The van der Waals surface area contributed by atoms with Crippen LogP contribution in [0, 0.1) is 0 Å². The second-order valence-corrected chi connectivity index (χ2v) is 7.19. The summed E-state index contributed by atoms with van der Waals surface area (Å²) in [5.41, 5.74) is 6.18. The Hall–Kier alpha value is -3.33. The second kappa shape index (κ2) is 9.24. The molecule has 2 aromatic carbocycles. The van der Waals surface area contributed by atoms with Gasteiger partial charge < -0.3 is 20.4 Å². The van der Waals surface area contributed by atoms with Crippen LogP contribution in [0.1, 0.15) is 29.2 Å². The third-order valence-electron chi connectivity index (χ3n) is 4.07. The maximum Gasteiger partial charge on any atom is 0.248 e. The summed E-state index contributed by atoms with van der Waals surface area (Å²) >= 11 is 1.27. The molecule has 150 valence electrons. The Bertz CT molecular complexity index is 989. The number of ether oxygens (including phenoxy) is 1. The van der Waals surface area contributed by atoms with Crippen LogP contribution >= 0.6 is 11.8 Å². The Morgan fingerprint density at radius 1 is 1.14 bits per heavy atom. The monoisotopic (exact) mass is 411 g/mol. The lowest BCUT2D eigenvalue weighted by molar-refractivity contribution is -0.113. The molecule has 3 N–H and O–H groups in total. The van der Waals surface area contributed by atoms with Gasteiger partial charge in [0, 0.05) is 18.3 Å². The zero-order valence-electron chi connectivity index (χ0n) is 16.0. The first-order chi connectivity index (χ1) is 13.9. The number of thioether (sulfide) groups is 1. The van der Waals surface area contributed by atoms with Crippen LogP contribution in [-0.2, 0) is 11.8 Å². The highest BCUT2D eigenvalue weighted by atomic mass is 32.2. The minimum Gasteiger partial charge on any atom is -0.483 e. The molecule has 0 saturated carbocycles. The van der Waals surface area contributed by atoms with E-state index in [1.807, 2.05) is 48.9 Å². The molecule has 0 fully saturated rings. The van der Waals surface area contributed by atoms with Crippen molar-refractivity contribution in [3.8, 4) is 5.75 Å². The van der Waals surface area contributed by atoms with E-state index in [-0.39, 0.29) is 17.8 Å². The molecule has 0 aliphatic carbocycles. The third-order valence-corrected chi connectivity index (χ3v) is 5.09. The van der Waals surface area contributed by atoms with E-state index in [2.05, 4.69) is 15.5 Å². The minimum absolute atomic E-state index is 0.164. The van der Waals surface area contributed by atoms with Crippen molar-refractivity contribution in [2.45, 2.75) is 18.2 Å². The molecule has 1 atom stereocenters. The second-order valence-electron chi connectivity index (χ2n) is 6.25. The minimum atomic E-state index is -0.512. The lowest BCUT2D eigenvalue weighted by Gasteiger charge is -2.14.